The fourth-order valence-corrected chi connectivity index (χ4v) is 3.82. The summed E-state index contributed by atoms with van der Waals surface area (Å²) < 4.78 is 10.2. The smallest absolute Gasteiger partial charge is 0.407 e. The Balaban J connectivity index is 2.35. The lowest BCUT2D eigenvalue weighted by molar-refractivity contribution is -0.142. The van der Waals surface area contributed by atoms with Gasteiger partial charge >= 0.3 is 12.1 Å². The van der Waals surface area contributed by atoms with Gasteiger partial charge in [0.25, 0.3) is 5.91 Å². The molecular formula is C26H34N2O5S. The molecule has 184 valence electrons. The maximum Gasteiger partial charge on any atom is 0.407 e. The van der Waals surface area contributed by atoms with Crippen molar-refractivity contribution >= 4 is 29.7 Å². The molecule has 1 atom stereocenters. The number of alkyl carbamates (subject to hydrolysis) is 1. The van der Waals surface area contributed by atoms with Crippen LogP contribution < -0.4 is 10.6 Å². The van der Waals surface area contributed by atoms with E-state index < -0.39 is 23.7 Å². The van der Waals surface area contributed by atoms with E-state index in [1.54, 1.807) is 44.7 Å². The van der Waals surface area contributed by atoms with Crippen molar-refractivity contribution in [3.63, 3.8) is 0 Å². The highest BCUT2D eigenvalue weighted by Gasteiger charge is 2.24. The minimum atomic E-state index is -0.733. The van der Waals surface area contributed by atoms with E-state index in [2.05, 4.69) is 10.6 Å². The van der Waals surface area contributed by atoms with Crippen molar-refractivity contribution < 1.29 is 23.9 Å². The lowest BCUT2D eigenvalue weighted by atomic mass is 9.93. The van der Waals surface area contributed by atoms with Crippen molar-refractivity contribution in [2.45, 2.75) is 52.3 Å². The summed E-state index contributed by atoms with van der Waals surface area (Å²) in [5.74, 6) is -0.126. The number of hydrogen-bond donors (Lipinski definition) is 2. The van der Waals surface area contributed by atoms with E-state index >= 15 is 0 Å². The summed E-state index contributed by atoms with van der Waals surface area (Å²) >= 11 is 1.59. The van der Waals surface area contributed by atoms with E-state index in [0.29, 0.717) is 23.3 Å². The third-order valence-corrected chi connectivity index (χ3v) is 5.65. The van der Waals surface area contributed by atoms with Crippen LogP contribution in [0.5, 0.6) is 0 Å². The van der Waals surface area contributed by atoms with Crippen LogP contribution in [0.3, 0.4) is 0 Å². The lowest BCUT2D eigenvalue weighted by Gasteiger charge is -2.20. The molecule has 0 heterocycles. The summed E-state index contributed by atoms with van der Waals surface area (Å²) in [7, 11) is 1.31. The number of rotatable bonds is 9. The highest BCUT2D eigenvalue weighted by Crippen LogP contribution is 2.28. The summed E-state index contributed by atoms with van der Waals surface area (Å²) in [6, 6.07) is 12.4. The number of methoxy groups -OCH3 is 1. The number of carbonyl (C=O) groups is 3. The fourth-order valence-electron chi connectivity index (χ4n) is 3.35. The number of benzene rings is 2. The van der Waals surface area contributed by atoms with Gasteiger partial charge in [-0.15, -0.1) is 0 Å². The Morgan fingerprint density at radius 3 is 2.38 bits per heavy atom. The molecular weight excluding hydrogens is 452 g/mol. The second kappa shape index (κ2) is 12.5. The Morgan fingerprint density at radius 1 is 1.06 bits per heavy atom. The molecule has 34 heavy (non-hydrogen) atoms. The number of amides is 2. The van der Waals surface area contributed by atoms with E-state index in [1.165, 1.54) is 7.11 Å². The molecule has 7 nitrogen and oxygen atoms in total. The van der Waals surface area contributed by atoms with Gasteiger partial charge in [-0.3, -0.25) is 4.79 Å². The topological polar surface area (TPSA) is 93.7 Å². The molecule has 0 saturated carbocycles. The highest BCUT2D eigenvalue weighted by atomic mass is 32.2. The minimum absolute atomic E-state index is 0.244. The molecule has 0 radical (unpaired) electrons. The van der Waals surface area contributed by atoms with Gasteiger partial charge in [0.1, 0.15) is 11.6 Å². The molecule has 0 aliphatic carbocycles. The molecule has 0 aromatic heterocycles. The van der Waals surface area contributed by atoms with Gasteiger partial charge in [-0.1, -0.05) is 30.3 Å². The number of nitrogens with one attached hydrogen (secondary N) is 2. The maximum atomic E-state index is 13.3. The van der Waals surface area contributed by atoms with Crippen LogP contribution in [-0.2, 0) is 20.8 Å². The Hall–Kier alpha value is -3.00. The van der Waals surface area contributed by atoms with Gasteiger partial charge in [-0.25, -0.2) is 9.59 Å². The quantitative estimate of drug-likeness (QED) is 0.499. The van der Waals surface area contributed by atoms with E-state index in [4.69, 9.17) is 9.47 Å². The molecule has 0 aliphatic rings. The Morgan fingerprint density at radius 2 is 1.76 bits per heavy atom. The van der Waals surface area contributed by atoms with Crippen molar-refractivity contribution in [3.05, 3.63) is 59.2 Å². The maximum absolute atomic E-state index is 13.3. The summed E-state index contributed by atoms with van der Waals surface area (Å²) in [5.41, 5.74) is 3.27. The summed E-state index contributed by atoms with van der Waals surface area (Å²) in [5, 5.41) is 5.58. The molecule has 0 aliphatic heterocycles. The van der Waals surface area contributed by atoms with Gasteiger partial charge in [-0.2, -0.15) is 11.8 Å². The summed E-state index contributed by atoms with van der Waals surface area (Å²) in [6.07, 6.45) is 1.90. The normalized spacial score (nSPS) is 11.9. The molecule has 2 rings (SSSR count). The molecule has 0 fully saturated rings. The number of thioether (sulfide) groups is 1. The van der Waals surface area contributed by atoms with Gasteiger partial charge in [0.05, 0.1) is 7.11 Å². The third kappa shape index (κ3) is 8.09. The molecule has 0 saturated heterocycles. The van der Waals surface area contributed by atoms with Gasteiger partial charge in [0.15, 0.2) is 0 Å². The lowest BCUT2D eigenvalue weighted by Crippen LogP contribution is -2.42. The molecule has 0 spiro atoms. The second-order valence-electron chi connectivity index (χ2n) is 8.88. The van der Waals surface area contributed by atoms with Gasteiger partial charge in [0, 0.05) is 12.1 Å². The van der Waals surface area contributed by atoms with Crippen LogP contribution in [0.4, 0.5) is 4.79 Å². The third-order valence-electron chi connectivity index (χ3n) is 5.00. The Kier molecular flexibility index (Phi) is 9.98. The predicted octanol–water partition coefficient (Wildman–Crippen LogP) is 4.71. The van der Waals surface area contributed by atoms with Crippen LogP contribution >= 0.6 is 11.8 Å². The van der Waals surface area contributed by atoms with Crippen LogP contribution in [0.25, 0.3) is 11.1 Å². The monoisotopic (exact) mass is 486 g/mol. The van der Waals surface area contributed by atoms with Crippen LogP contribution in [0.15, 0.2) is 42.5 Å². The fraction of sp³-hybridized carbons (Fsp3) is 0.423. The molecule has 2 N–H and O–H groups in total. The Labute approximate surface area is 206 Å². The first kappa shape index (κ1) is 27.2. The number of ether oxygens (including phenoxy) is 2. The predicted molar refractivity (Wildman–Crippen MR) is 136 cm³/mol. The van der Waals surface area contributed by atoms with E-state index in [9.17, 15) is 14.4 Å². The van der Waals surface area contributed by atoms with E-state index in [1.807, 2.05) is 43.5 Å². The van der Waals surface area contributed by atoms with Crippen molar-refractivity contribution in [2.75, 3.05) is 19.1 Å². The van der Waals surface area contributed by atoms with Crippen molar-refractivity contribution in [2.24, 2.45) is 0 Å². The van der Waals surface area contributed by atoms with Gasteiger partial charge in [-0.05, 0) is 80.5 Å². The average Bonchev–Trinajstić information content (AvgIpc) is 2.78. The number of esters is 1. The second-order valence-corrected chi connectivity index (χ2v) is 9.87. The minimum Gasteiger partial charge on any atom is -0.467 e. The zero-order valence-corrected chi connectivity index (χ0v) is 21.5. The van der Waals surface area contributed by atoms with Crippen LogP contribution in [0.1, 0.15) is 48.7 Å². The number of carbonyl (C=O) groups excluding carboxylic acids is 3. The number of hydrogen-bond acceptors (Lipinski definition) is 6. The SMILES string of the molecule is COC(=O)[C@H](CCSC)NC(=O)c1ccc(CNC(=O)OC(C)(C)C)cc1-c1ccccc1C. The zero-order valence-electron chi connectivity index (χ0n) is 20.7. The van der Waals surface area contributed by atoms with Crippen molar-refractivity contribution in [3.8, 4) is 11.1 Å². The standard InChI is InChI=1S/C26H34N2O5S/c1-17-9-7-8-10-19(17)21-15-18(16-27-25(31)33-26(2,3)4)11-12-20(21)23(29)28-22(13-14-34-6)24(30)32-5/h7-12,15,22H,13-14,16H2,1-6H3,(H,27,31)(H,28,29)/t22-/m0/s1. The highest BCUT2D eigenvalue weighted by molar-refractivity contribution is 7.98. The average molecular weight is 487 g/mol. The van der Waals surface area contributed by atoms with E-state index in [0.717, 1.165) is 16.7 Å². The number of aryl methyl sites for hydroxylation is 1. The van der Waals surface area contributed by atoms with Crippen LogP contribution in [0, 0.1) is 6.92 Å². The summed E-state index contributed by atoms with van der Waals surface area (Å²) in [6.45, 7) is 7.62. The van der Waals surface area contributed by atoms with Crippen LogP contribution in [-0.4, -0.2) is 48.7 Å². The van der Waals surface area contributed by atoms with Gasteiger partial charge in [0.2, 0.25) is 0 Å². The first-order valence-electron chi connectivity index (χ1n) is 11.1. The van der Waals surface area contributed by atoms with Crippen molar-refractivity contribution in [1.82, 2.24) is 10.6 Å². The molecule has 2 amide bonds. The van der Waals surface area contributed by atoms with Crippen molar-refractivity contribution in [1.29, 1.82) is 0 Å². The zero-order chi connectivity index (χ0) is 25.3. The first-order chi connectivity index (χ1) is 16.1. The first-order valence-corrected chi connectivity index (χ1v) is 12.5. The van der Waals surface area contributed by atoms with Crippen LogP contribution in [0.2, 0.25) is 0 Å². The summed E-state index contributed by atoms with van der Waals surface area (Å²) in [4.78, 5) is 37.5. The van der Waals surface area contributed by atoms with E-state index in [-0.39, 0.29) is 12.5 Å². The largest absolute Gasteiger partial charge is 0.467 e. The molecule has 0 bridgehead atoms. The Bertz CT molecular complexity index is 1020. The molecule has 2 aromatic rings. The molecule has 0 unspecified atom stereocenters. The van der Waals surface area contributed by atoms with Gasteiger partial charge < -0.3 is 20.1 Å². The molecule has 8 heteroatoms. The molecule has 2 aromatic carbocycles.